The third-order valence-corrected chi connectivity index (χ3v) is 4.01. The highest BCUT2D eigenvalue weighted by Gasteiger charge is 2.24. The van der Waals surface area contributed by atoms with E-state index in [9.17, 15) is 9.90 Å². The lowest BCUT2D eigenvalue weighted by molar-refractivity contribution is -0.123. The van der Waals surface area contributed by atoms with Gasteiger partial charge in [-0.15, -0.1) is 0 Å². The van der Waals surface area contributed by atoms with Crippen LogP contribution in [0.2, 0.25) is 0 Å². The van der Waals surface area contributed by atoms with E-state index in [1.807, 2.05) is 0 Å². The SMILES string of the molecule is CCC(CCN)CCC(=O)N[C@H]1CCCC[C@@H]1O. The minimum Gasteiger partial charge on any atom is -0.391 e. The number of rotatable bonds is 7. The molecule has 1 aliphatic rings. The van der Waals surface area contributed by atoms with Crippen LogP contribution in [0.4, 0.5) is 0 Å². The Morgan fingerprint density at radius 3 is 2.72 bits per heavy atom. The molecule has 106 valence electrons. The van der Waals surface area contributed by atoms with Crippen LogP contribution in [0.1, 0.15) is 58.3 Å². The lowest BCUT2D eigenvalue weighted by Gasteiger charge is -2.28. The van der Waals surface area contributed by atoms with Gasteiger partial charge >= 0.3 is 0 Å². The lowest BCUT2D eigenvalue weighted by Crippen LogP contribution is -2.45. The maximum Gasteiger partial charge on any atom is 0.220 e. The first-order chi connectivity index (χ1) is 8.67. The molecule has 0 aromatic carbocycles. The first-order valence-corrected chi connectivity index (χ1v) is 7.34. The lowest BCUT2D eigenvalue weighted by atomic mass is 9.92. The van der Waals surface area contributed by atoms with Crippen molar-refractivity contribution in [1.82, 2.24) is 5.32 Å². The summed E-state index contributed by atoms with van der Waals surface area (Å²) in [5.41, 5.74) is 5.55. The van der Waals surface area contributed by atoms with Crippen LogP contribution < -0.4 is 11.1 Å². The number of hydrogen-bond donors (Lipinski definition) is 3. The van der Waals surface area contributed by atoms with Gasteiger partial charge in [-0.3, -0.25) is 4.79 Å². The number of amides is 1. The van der Waals surface area contributed by atoms with E-state index in [0.29, 0.717) is 18.9 Å². The second-order valence-corrected chi connectivity index (χ2v) is 5.42. The molecule has 0 radical (unpaired) electrons. The molecule has 0 aliphatic heterocycles. The van der Waals surface area contributed by atoms with Crippen molar-refractivity contribution in [2.24, 2.45) is 11.7 Å². The number of aliphatic hydroxyl groups excluding tert-OH is 1. The molecule has 18 heavy (non-hydrogen) atoms. The first-order valence-electron chi connectivity index (χ1n) is 7.34. The van der Waals surface area contributed by atoms with Gasteiger partial charge in [0.1, 0.15) is 0 Å². The zero-order valence-electron chi connectivity index (χ0n) is 11.5. The van der Waals surface area contributed by atoms with E-state index in [2.05, 4.69) is 12.2 Å². The molecule has 0 saturated heterocycles. The minimum absolute atomic E-state index is 0.0270. The topological polar surface area (TPSA) is 75.4 Å². The fraction of sp³-hybridized carbons (Fsp3) is 0.929. The second-order valence-electron chi connectivity index (χ2n) is 5.42. The Balaban J connectivity index is 2.23. The standard InChI is InChI=1S/C14H28N2O2/c1-2-11(9-10-15)7-8-14(18)16-12-5-3-4-6-13(12)17/h11-13,17H,2-10,15H2,1H3,(H,16,18)/t11?,12-,13-/m0/s1. The van der Waals surface area contributed by atoms with E-state index in [4.69, 9.17) is 5.73 Å². The molecule has 1 rings (SSSR count). The monoisotopic (exact) mass is 256 g/mol. The van der Waals surface area contributed by atoms with Crippen LogP contribution in [0, 0.1) is 5.92 Å². The molecule has 4 nitrogen and oxygen atoms in total. The summed E-state index contributed by atoms with van der Waals surface area (Å²) in [7, 11) is 0. The van der Waals surface area contributed by atoms with Gasteiger partial charge in [0.05, 0.1) is 12.1 Å². The van der Waals surface area contributed by atoms with Crippen LogP contribution in [-0.4, -0.2) is 29.7 Å². The predicted molar refractivity (Wildman–Crippen MR) is 73.1 cm³/mol. The van der Waals surface area contributed by atoms with Gasteiger partial charge in [0, 0.05) is 6.42 Å². The van der Waals surface area contributed by atoms with E-state index in [1.54, 1.807) is 0 Å². The molecule has 1 aliphatic carbocycles. The van der Waals surface area contributed by atoms with Crippen molar-refractivity contribution >= 4 is 5.91 Å². The number of hydrogen-bond acceptors (Lipinski definition) is 3. The highest BCUT2D eigenvalue weighted by Crippen LogP contribution is 2.19. The quantitative estimate of drug-likeness (QED) is 0.647. The van der Waals surface area contributed by atoms with Crippen molar-refractivity contribution in [2.75, 3.05) is 6.54 Å². The number of nitrogens with one attached hydrogen (secondary N) is 1. The molecule has 0 aromatic heterocycles. The van der Waals surface area contributed by atoms with Gasteiger partial charge in [0.25, 0.3) is 0 Å². The maximum atomic E-state index is 11.8. The molecule has 3 atom stereocenters. The summed E-state index contributed by atoms with van der Waals surface area (Å²) in [5.74, 6) is 0.633. The molecule has 4 heteroatoms. The van der Waals surface area contributed by atoms with Gasteiger partial charge in [-0.2, -0.15) is 0 Å². The van der Waals surface area contributed by atoms with Crippen LogP contribution >= 0.6 is 0 Å². The van der Waals surface area contributed by atoms with Crippen LogP contribution in [0.25, 0.3) is 0 Å². The average molecular weight is 256 g/mol. The van der Waals surface area contributed by atoms with Gasteiger partial charge in [0.15, 0.2) is 0 Å². The summed E-state index contributed by atoms with van der Waals surface area (Å²) in [6, 6.07) is -0.0270. The zero-order chi connectivity index (χ0) is 13.4. The van der Waals surface area contributed by atoms with Crippen molar-refractivity contribution in [2.45, 2.75) is 70.4 Å². The normalized spacial score (nSPS) is 25.7. The predicted octanol–water partition coefficient (Wildman–Crippen LogP) is 1.56. The Hall–Kier alpha value is -0.610. The molecule has 0 aromatic rings. The summed E-state index contributed by atoms with van der Waals surface area (Å²) >= 11 is 0. The molecule has 4 N–H and O–H groups in total. The zero-order valence-corrected chi connectivity index (χ0v) is 11.5. The maximum absolute atomic E-state index is 11.8. The van der Waals surface area contributed by atoms with Crippen molar-refractivity contribution < 1.29 is 9.90 Å². The molecule has 0 spiro atoms. The Kier molecular flexibility index (Phi) is 7.28. The Morgan fingerprint density at radius 2 is 2.11 bits per heavy atom. The highest BCUT2D eigenvalue weighted by atomic mass is 16.3. The van der Waals surface area contributed by atoms with E-state index in [1.165, 1.54) is 0 Å². The van der Waals surface area contributed by atoms with Crippen molar-refractivity contribution in [1.29, 1.82) is 0 Å². The van der Waals surface area contributed by atoms with Crippen molar-refractivity contribution in [3.8, 4) is 0 Å². The van der Waals surface area contributed by atoms with Crippen LogP contribution in [0.15, 0.2) is 0 Å². The van der Waals surface area contributed by atoms with E-state index >= 15 is 0 Å². The minimum atomic E-state index is -0.353. The second kappa shape index (κ2) is 8.48. The number of aliphatic hydroxyl groups is 1. The smallest absolute Gasteiger partial charge is 0.220 e. The molecular formula is C14H28N2O2. The fourth-order valence-corrected chi connectivity index (χ4v) is 2.68. The van der Waals surface area contributed by atoms with Crippen LogP contribution in [-0.2, 0) is 4.79 Å². The highest BCUT2D eigenvalue weighted by molar-refractivity contribution is 5.76. The molecule has 1 saturated carbocycles. The third-order valence-electron chi connectivity index (χ3n) is 4.01. The summed E-state index contributed by atoms with van der Waals surface area (Å²) < 4.78 is 0. The molecule has 1 amide bonds. The van der Waals surface area contributed by atoms with Gasteiger partial charge in [-0.1, -0.05) is 26.2 Å². The van der Waals surface area contributed by atoms with Crippen LogP contribution in [0.3, 0.4) is 0 Å². The fourth-order valence-electron chi connectivity index (χ4n) is 2.68. The first kappa shape index (κ1) is 15.4. The Morgan fingerprint density at radius 1 is 1.39 bits per heavy atom. The summed E-state index contributed by atoms with van der Waals surface area (Å²) in [6.07, 6.45) is 7.09. The Bertz CT molecular complexity index is 246. The number of nitrogens with two attached hydrogens (primary N) is 1. The van der Waals surface area contributed by atoms with Crippen molar-refractivity contribution in [3.05, 3.63) is 0 Å². The number of carbonyl (C=O) groups excluding carboxylic acids is 1. The molecule has 0 heterocycles. The summed E-state index contributed by atoms with van der Waals surface area (Å²) in [4.78, 5) is 11.8. The van der Waals surface area contributed by atoms with E-state index < -0.39 is 0 Å². The summed E-state index contributed by atoms with van der Waals surface area (Å²) in [6.45, 7) is 2.84. The van der Waals surface area contributed by atoms with Gasteiger partial charge in [-0.05, 0) is 38.1 Å². The van der Waals surface area contributed by atoms with E-state index in [-0.39, 0.29) is 18.1 Å². The molecule has 1 unspecified atom stereocenters. The van der Waals surface area contributed by atoms with E-state index in [0.717, 1.165) is 44.9 Å². The summed E-state index contributed by atoms with van der Waals surface area (Å²) in [5, 5.41) is 12.8. The molecule has 1 fully saturated rings. The van der Waals surface area contributed by atoms with Gasteiger partial charge in [-0.25, -0.2) is 0 Å². The Labute approximate surface area is 110 Å². The molecular weight excluding hydrogens is 228 g/mol. The average Bonchev–Trinajstić information content (AvgIpc) is 2.37. The largest absolute Gasteiger partial charge is 0.391 e. The van der Waals surface area contributed by atoms with Gasteiger partial charge in [0.2, 0.25) is 5.91 Å². The van der Waals surface area contributed by atoms with Crippen LogP contribution in [0.5, 0.6) is 0 Å². The van der Waals surface area contributed by atoms with Gasteiger partial charge < -0.3 is 16.2 Å². The number of carbonyl (C=O) groups is 1. The third kappa shape index (κ3) is 5.36. The van der Waals surface area contributed by atoms with Crippen molar-refractivity contribution in [3.63, 3.8) is 0 Å². The molecule has 0 bridgehead atoms.